The molecule has 2 aromatic heterocycles. The van der Waals surface area contributed by atoms with E-state index in [4.69, 9.17) is 0 Å². The highest BCUT2D eigenvalue weighted by atomic mass is 15.2. The predicted octanol–water partition coefficient (Wildman–Crippen LogP) is 19.5. The Morgan fingerprint density at radius 2 is 0.545 bits per heavy atom. The summed E-state index contributed by atoms with van der Waals surface area (Å²) in [5.41, 5.74) is 31.2. The summed E-state index contributed by atoms with van der Waals surface area (Å²) in [5, 5.41) is 4.87. The summed E-state index contributed by atoms with van der Waals surface area (Å²) in [6, 6.07) is 133. The first-order chi connectivity index (χ1) is 49.2. The first-order valence-electron chi connectivity index (χ1n) is 34.2. The average molecular weight is 1260 g/mol. The molecule has 0 amide bonds. The third-order valence-electron chi connectivity index (χ3n) is 21.1. The van der Waals surface area contributed by atoms with E-state index in [-0.39, 0.29) is 13.4 Å². The van der Waals surface area contributed by atoms with Crippen molar-refractivity contribution in [2.75, 3.05) is 24.5 Å². The third kappa shape index (κ3) is 8.22. The molecule has 15 aromatic carbocycles. The maximum atomic E-state index is 2.60. The molecule has 4 aliphatic heterocycles. The fourth-order valence-electron chi connectivity index (χ4n) is 17.2. The lowest BCUT2D eigenvalue weighted by Crippen LogP contribution is -2.61. The molecule has 0 radical (unpaired) electrons. The zero-order chi connectivity index (χ0) is 64.8. The summed E-state index contributed by atoms with van der Waals surface area (Å²) in [7, 11) is 0. The first-order valence-corrected chi connectivity index (χ1v) is 34.2. The molecule has 460 valence electrons. The average Bonchev–Trinajstić information content (AvgIpc) is 1.63. The van der Waals surface area contributed by atoms with Crippen LogP contribution in [-0.4, -0.2) is 22.6 Å². The first kappa shape index (κ1) is 55.3. The maximum Gasteiger partial charge on any atom is 0.252 e. The Labute approximate surface area is 574 Å². The van der Waals surface area contributed by atoms with Gasteiger partial charge in [0.1, 0.15) is 0 Å². The van der Waals surface area contributed by atoms with Gasteiger partial charge in [0.05, 0.1) is 27.8 Å². The van der Waals surface area contributed by atoms with E-state index in [0.717, 1.165) is 108 Å². The predicted molar refractivity (Wildman–Crippen MR) is 418 cm³/mol. The lowest BCUT2D eigenvalue weighted by molar-refractivity contribution is 1.17. The van der Waals surface area contributed by atoms with E-state index in [1.165, 1.54) is 65.4 Å². The standard InChI is InChI=1S/C90H59B2N7/c1-8-29-60(30-9-1)93(61-31-10-2-11-32-61)68-54-87-90-88(55-68)98(66-41-20-7-21-42-66)86-59-83-72(57-76(86)91(90)73-45-24-27-48-79(73)94(87)62-33-12-3-13-34-62)71-56-75-85(58-82(71)97(83)65-39-18-6-19-40-65)96(64-37-16-5-17-38-64)81-50-28-49-80-89(81)92(75)74-52-51-67(53-84(74)95(80)63-35-14-4-15-36-63)99-77-46-25-22-43-69(77)70-44-23-26-47-78(70)99/h1-59H. The summed E-state index contributed by atoms with van der Waals surface area (Å²) in [5.74, 6) is 0. The van der Waals surface area contributed by atoms with Crippen molar-refractivity contribution in [3.63, 3.8) is 0 Å². The van der Waals surface area contributed by atoms with Crippen LogP contribution in [0.1, 0.15) is 0 Å². The molecule has 0 unspecified atom stereocenters. The Hall–Kier alpha value is -13.0. The van der Waals surface area contributed by atoms with Crippen LogP contribution in [0.2, 0.25) is 0 Å². The van der Waals surface area contributed by atoms with E-state index in [9.17, 15) is 0 Å². The van der Waals surface area contributed by atoms with E-state index >= 15 is 0 Å². The minimum Gasteiger partial charge on any atom is -0.311 e. The summed E-state index contributed by atoms with van der Waals surface area (Å²) < 4.78 is 5.01. The number of rotatable bonds is 9. The largest absolute Gasteiger partial charge is 0.311 e. The van der Waals surface area contributed by atoms with Gasteiger partial charge in [-0.05, 0) is 184 Å². The van der Waals surface area contributed by atoms with Gasteiger partial charge in [-0.2, -0.15) is 0 Å². The zero-order valence-electron chi connectivity index (χ0n) is 53.8. The molecular formula is C90H59B2N7. The molecule has 7 nitrogen and oxygen atoms in total. The smallest absolute Gasteiger partial charge is 0.252 e. The van der Waals surface area contributed by atoms with Gasteiger partial charge in [0.15, 0.2) is 0 Å². The van der Waals surface area contributed by atoms with Gasteiger partial charge in [-0.1, -0.05) is 206 Å². The molecule has 0 fully saturated rings. The molecule has 99 heavy (non-hydrogen) atoms. The van der Waals surface area contributed by atoms with Crippen LogP contribution in [0.4, 0.5) is 85.3 Å². The summed E-state index contributed by atoms with van der Waals surface area (Å²) in [6.07, 6.45) is 0. The van der Waals surface area contributed by atoms with Crippen LogP contribution in [0.3, 0.4) is 0 Å². The Bertz CT molecular complexity index is 5990. The molecule has 0 bridgehead atoms. The summed E-state index contributed by atoms with van der Waals surface area (Å²) in [4.78, 5) is 12.6. The molecule has 9 heteroatoms. The molecule has 21 rings (SSSR count). The van der Waals surface area contributed by atoms with Crippen LogP contribution < -0.4 is 57.3 Å². The minimum absolute atomic E-state index is 0.150. The Morgan fingerprint density at radius 1 is 0.192 bits per heavy atom. The second kappa shape index (κ2) is 21.8. The lowest BCUT2D eigenvalue weighted by atomic mass is 9.33. The molecule has 0 saturated heterocycles. The van der Waals surface area contributed by atoms with Crippen molar-refractivity contribution in [2.24, 2.45) is 0 Å². The van der Waals surface area contributed by atoms with Gasteiger partial charge in [-0.3, -0.25) is 0 Å². The Kier molecular flexibility index (Phi) is 12.2. The summed E-state index contributed by atoms with van der Waals surface area (Å²) >= 11 is 0. The second-order valence-electron chi connectivity index (χ2n) is 26.4. The number of fused-ring (bicyclic) bond motifs is 14. The molecule has 0 spiro atoms. The van der Waals surface area contributed by atoms with Gasteiger partial charge in [0, 0.05) is 113 Å². The van der Waals surface area contributed by atoms with Crippen molar-refractivity contribution in [3.8, 4) is 11.4 Å². The fourth-order valence-corrected chi connectivity index (χ4v) is 17.2. The van der Waals surface area contributed by atoms with Gasteiger partial charge < -0.3 is 33.6 Å². The van der Waals surface area contributed by atoms with E-state index < -0.39 is 0 Å². The molecular weight excluding hydrogens is 1200 g/mol. The molecule has 0 saturated carbocycles. The molecule has 0 N–H and O–H groups in total. The molecule has 0 atom stereocenters. The number of hydrogen-bond donors (Lipinski definition) is 0. The number of nitrogens with zero attached hydrogens (tertiary/aromatic N) is 7. The van der Waals surface area contributed by atoms with Crippen LogP contribution in [0, 0.1) is 0 Å². The molecule has 4 aliphatic rings. The van der Waals surface area contributed by atoms with Gasteiger partial charge in [-0.15, -0.1) is 0 Å². The zero-order valence-corrected chi connectivity index (χ0v) is 53.8. The highest BCUT2D eigenvalue weighted by molar-refractivity contribution is 7.01. The van der Waals surface area contributed by atoms with Crippen molar-refractivity contribution in [3.05, 3.63) is 358 Å². The van der Waals surface area contributed by atoms with Crippen LogP contribution in [0.25, 0.3) is 55.0 Å². The van der Waals surface area contributed by atoms with Crippen LogP contribution in [0.5, 0.6) is 0 Å². The van der Waals surface area contributed by atoms with E-state index in [2.05, 4.69) is 392 Å². The maximum absolute atomic E-state index is 2.60. The van der Waals surface area contributed by atoms with E-state index in [1.807, 2.05) is 0 Å². The fraction of sp³-hybridized carbons (Fsp3) is 0. The van der Waals surface area contributed by atoms with Crippen molar-refractivity contribution in [1.29, 1.82) is 0 Å². The number of benzene rings is 15. The van der Waals surface area contributed by atoms with Crippen LogP contribution in [-0.2, 0) is 0 Å². The van der Waals surface area contributed by atoms with E-state index in [0.29, 0.717) is 0 Å². The molecule has 17 aromatic rings. The highest BCUT2D eigenvalue weighted by Gasteiger charge is 2.47. The highest BCUT2D eigenvalue weighted by Crippen LogP contribution is 2.51. The van der Waals surface area contributed by atoms with Crippen molar-refractivity contribution in [1.82, 2.24) is 9.13 Å². The Balaban J connectivity index is 0.865. The topological polar surface area (TPSA) is 26.1 Å². The number of aromatic nitrogens is 2. The quantitative estimate of drug-likeness (QED) is 0.134. The third-order valence-corrected chi connectivity index (χ3v) is 21.1. The van der Waals surface area contributed by atoms with Crippen LogP contribution in [0.15, 0.2) is 358 Å². The SMILES string of the molecule is c1ccc(N(c2ccccc2)c2cc3c4c(c2)N(c2ccccc2)c2cc5c(cc2B4c2ccccc2N3c2ccccc2)c2cc3c(cc2n5-c2ccccc2)N(c2ccccc2)c2cccc4c2B3c2ccc(-n3c5ccccc5c5ccccc53)cc2N4c2ccccc2)cc1. The molecule has 0 aliphatic carbocycles. The van der Waals surface area contributed by atoms with E-state index in [1.54, 1.807) is 0 Å². The normalized spacial score (nSPS) is 13.1. The van der Waals surface area contributed by atoms with Gasteiger partial charge >= 0.3 is 0 Å². The Morgan fingerprint density at radius 3 is 1.03 bits per heavy atom. The minimum atomic E-state index is -0.157. The number of anilines is 15. The van der Waals surface area contributed by atoms with Gasteiger partial charge in [-0.25, -0.2) is 0 Å². The van der Waals surface area contributed by atoms with Crippen molar-refractivity contribution < 1.29 is 0 Å². The van der Waals surface area contributed by atoms with Gasteiger partial charge in [0.2, 0.25) is 0 Å². The van der Waals surface area contributed by atoms with Crippen molar-refractivity contribution in [2.45, 2.75) is 0 Å². The monoisotopic (exact) mass is 1260 g/mol. The molecule has 6 heterocycles. The van der Waals surface area contributed by atoms with Gasteiger partial charge in [0.25, 0.3) is 13.4 Å². The summed E-state index contributed by atoms with van der Waals surface area (Å²) in [6.45, 7) is -0.307. The lowest BCUT2D eigenvalue weighted by Gasteiger charge is -2.45. The van der Waals surface area contributed by atoms with Crippen molar-refractivity contribution >= 4 is 175 Å². The number of hydrogen-bond acceptors (Lipinski definition) is 5. The number of para-hydroxylation sites is 10. The van der Waals surface area contributed by atoms with Crippen LogP contribution >= 0.6 is 0 Å². The second-order valence-corrected chi connectivity index (χ2v) is 26.4.